The van der Waals surface area contributed by atoms with E-state index in [2.05, 4.69) is 22.1 Å². The van der Waals surface area contributed by atoms with E-state index in [1.807, 2.05) is 19.3 Å². The molecule has 3 heterocycles. The molecule has 1 saturated heterocycles. The number of allylic oxidation sites excluding steroid dienone is 1. The van der Waals surface area contributed by atoms with Gasteiger partial charge in [0.1, 0.15) is 5.00 Å². The number of thiophene rings is 1. The lowest BCUT2D eigenvalue weighted by Gasteiger charge is -2.35. The van der Waals surface area contributed by atoms with E-state index in [1.165, 1.54) is 10.4 Å². The van der Waals surface area contributed by atoms with Crippen LogP contribution in [0.3, 0.4) is 0 Å². The Morgan fingerprint density at radius 2 is 2.12 bits per heavy atom. The summed E-state index contributed by atoms with van der Waals surface area (Å²) in [6.45, 7) is 5.08. The molecule has 0 radical (unpaired) electrons. The third-order valence-electron chi connectivity index (χ3n) is 7.52. The van der Waals surface area contributed by atoms with Crippen molar-refractivity contribution in [2.75, 3.05) is 43.0 Å². The Morgan fingerprint density at radius 3 is 2.94 bits per heavy atom. The third-order valence-corrected chi connectivity index (χ3v) is 8.62. The van der Waals surface area contributed by atoms with Gasteiger partial charge in [0.2, 0.25) is 5.95 Å². The fraction of sp³-hybridized carbons (Fsp3) is 0.542. The number of aromatic nitrogens is 2. The van der Waals surface area contributed by atoms with Crippen LogP contribution in [0.15, 0.2) is 22.8 Å². The van der Waals surface area contributed by atoms with Crippen LogP contribution in [-0.2, 0) is 11.8 Å². The highest BCUT2D eigenvalue weighted by molar-refractivity contribution is 7.16. The largest absolute Gasteiger partial charge is 0.397 e. The minimum absolute atomic E-state index is 0.193. The van der Waals surface area contributed by atoms with Gasteiger partial charge < -0.3 is 27.4 Å². The van der Waals surface area contributed by atoms with Crippen LogP contribution in [0, 0.1) is 0 Å². The molecule has 33 heavy (non-hydrogen) atoms. The first-order chi connectivity index (χ1) is 16.0. The second-order valence-electron chi connectivity index (χ2n) is 9.42. The highest BCUT2D eigenvalue weighted by Crippen LogP contribution is 2.55. The van der Waals surface area contributed by atoms with Crippen molar-refractivity contribution in [3.05, 3.63) is 34.0 Å². The summed E-state index contributed by atoms with van der Waals surface area (Å²) in [7, 11) is 1.87. The molecular weight excluding hydrogens is 432 g/mol. The molecule has 2 atom stereocenters. The lowest BCUT2D eigenvalue weighted by atomic mass is 9.69. The Balaban J connectivity index is 1.54. The number of anilines is 3. The van der Waals surface area contributed by atoms with Gasteiger partial charge in [0, 0.05) is 48.2 Å². The fourth-order valence-corrected chi connectivity index (χ4v) is 7.09. The van der Waals surface area contributed by atoms with E-state index in [0.717, 1.165) is 91.8 Å². The summed E-state index contributed by atoms with van der Waals surface area (Å²) in [6, 6.07) is 2.24. The van der Waals surface area contributed by atoms with Crippen LogP contribution in [0.25, 0.3) is 5.70 Å². The maximum atomic E-state index is 6.81. The Labute approximate surface area is 199 Å². The van der Waals surface area contributed by atoms with Crippen LogP contribution < -0.4 is 27.4 Å². The molecule has 2 fully saturated rings. The molecule has 5 rings (SSSR count). The maximum absolute atomic E-state index is 6.81. The number of hydrogen-bond acceptors (Lipinski definition) is 9. The van der Waals surface area contributed by atoms with E-state index in [4.69, 9.17) is 27.2 Å². The number of nitrogens with one attached hydrogen (secondary N) is 1. The average Bonchev–Trinajstić information content (AvgIpc) is 3.22. The molecule has 0 amide bonds. The first-order valence-corrected chi connectivity index (χ1v) is 12.7. The van der Waals surface area contributed by atoms with Gasteiger partial charge in [-0.15, -0.1) is 11.3 Å². The number of hydrogen-bond donors (Lipinski definition) is 4. The van der Waals surface area contributed by atoms with Gasteiger partial charge in [-0.3, -0.25) is 4.99 Å². The number of aliphatic imine (C=N–C) groups is 1. The lowest BCUT2D eigenvalue weighted by Crippen LogP contribution is -2.38. The average molecular weight is 467 g/mol. The van der Waals surface area contributed by atoms with E-state index in [0.29, 0.717) is 11.7 Å². The van der Waals surface area contributed by atoms with Crippen LogP contribution in [0.2, 0.25) is 0 Å². The van der Waals surface area contributed by atoms with Gasteiger partial charge in [0.25, 0.3) is 0 Å². The summed E-state index contributed by atoms with van der Waals surface area (Å²) in [5.74, 6) is 0.741. The van der Waals surface area contributed by atoms with Crippen molar-refractivity contribution in [2.45, 2.75) is 56.9 Å². The highest BCUT2D eigenvalue weighted by atomic mass is 32.1. The number of aryl methyl sites for hydroxylation is 1. The summed E-state index contributed by atoms with van der Waals surface area (Å²) in [5, 5.41) is 4.20. The number of nitrogen functional groups attached to an aromatic ring is 2. The van der Waals surface area contributed by atoms with Gasteiger partial charge in [-0.25, -0.2) is 9.97 Å². The van der Waals surface area contributed by atoms with Crippen molar-refractivity contribution in [2.24, 2.45) is 10.7 Å². The van der Waals surface area contributed by atoms with Gasteiger partial charge >= 0.3 is 0 Å². The predicted molar refractivity (Wildman–Crippen MR) is 138 cm³/mol. The molecule has 2 aromatic heterocycles. The topological polar surface area (TPSA) is 131 Å². The molecule has 2 aromatic rings. The molecule has 2 aliphatic carbocycles. The molecule has 1 unspecified atom stereocenters. The monoisotopic (exact) mass is 466 g/mol. The van der Waals surface area contributed by atoms with Crippen LogP contribution in [-0.4, -0.2) is 48.4 Å². The molecule has 1 aliphatic heterocycles. The van der Waals surface area contributed by atoms with Crippen LogP contribution in [0.1, 0.15) is 55.2 Å². The van der Waals surface area contributed by atoms with E-state index in [1.54, 1.807) is 11.3 Å². The number of nitrogens with zero attached hydrogens (tertiary/aromatic N) is 4. The molecule has 7 N–H and O–H groups in total. The summed E-state index contributed by atoms with van der Waals surface area (Å²) in [6.07, 6.45) is 7.87. The smallest absolute Gasteiger partial charge is 0.226 e. The highest BCUT2D eigenvalue weighted by Gasteiger charge is 2.49. The van der Waals surface area contributed by atoms with Crippen molar-refractivity contribution in [3.8, 4) is 0 Å². The predicted octanol–water partition coefficient (Wildman–Crippen LogP) is 2.70. The van der Waals surface area contributed by atoms with E-state index in [-0.39, 0.29) is 5.41 Å². The van der Waals surface area contributed by atoms with Crippen LogP contribution in [0.5, 0.6) is 0 Å². The molecular formula is C24H34N8S. The SMILES string of the molecule is CN=C1C(=C(N)c2ccnc(N3CCCNC[C@@H]3C)n2)CCC12CCCc1sc(N)c(N)c12. The van der Waals surface area contributed by atoms with Crippen molar-refractivity contribution in [1.82, 2.24) is 15.3 Å². The number of nitrogens with two attached hydrogens (primary N) is 3. The molecule has 8 nitrogen and oxygen atoms in total. The first-order valence-electron chi connectivity index (χ1n) is 11.9. The second kappa shape index (κ2) is 8.61. The summed E-state index contributed by atoms with van der Waals surface area (Å²) >= 11 is 1.64. The molecule has 0 bridgehead atoms. The molecule has 3 aliphatic rings. The maximum Gasteiger partial charge on any atom is 0.226 e. The molecule has 176 valence electrons. The Hall–Kier alpha value is -2.65. The van der Waals surface area contributed by atoms with Gasteiger partial charge in [0.05, 0.1) is 22.8 Å². The first kappa shape index (κ1) is 22.2. The van der Waals surface area contributed by atoms with Gasteiger partial charge in [-0.2, -0.15) is 0 Å². The fourth-order valence-electron chi connectivity index (χ4n) is 5.96. The number of rotatable bonds is 2. The van der Waals surface area contributed by atoms with Crippen molar-refractivity contribution in [3.63, 3.8) is 0 Å². The molecule has 1 spiro atoms. The van der Waals surface area contributed by atoms with Crippen molar-refractivity contribution >= 4 is 39.4 Å². The minimum atomic E-state index is -0.193. The molecule has 1 saturated carbocycles. The third kappa shape index (κ3) is 3.58. The van der Waals surface area contributed by atoms with Crippen LogP contribution >= 0.6 is 11.3 Å². The van der Waals surface area contributed by atoms with E-state index >= 15 is 0 Å². The second-order valence-corrected chi connectivity index (χ2v) is 10.6. The minimum Gasteiger partial charge on any atom is -0.397 e. The van der Waals surface area contributed by atoms with Crippen LogP contribution in [0.4, 0.5) is 16.6 Å². The van der Waals surface area contributed by atoms with Gasteiger partial charge in [-0.05, 0) is 63.6 Å². The number of fused-ring (bicyclic) bond motifs is 2. The van der Waals surface area contributed by atoms with Crippen molar-refractivity contribution in [1.29, 1.82) is 0 Å². The Kier molecular flexibility index (Phi) is 5.78. The lowest BCUT2D eigenvalue weighted by molar-refractivity contribution is 0.471. The molecule has 0 aromatic carbocycles. The summed E-state index contributed by atoms with van der Waals surface area (Å²) in [5.41, 5.74) is 24.9. The van der Waals surface area contributed by atoms with Gasteiger partial charge in [-0.1, -0.05) is 0 Å². The zero-order valence-electron chi connectivity index (χ0n) is 19.5. The zero-order chi connectivity index (χ0) is 23.2. The Morgan fingerprint density at radius 1 is 1.27 bits per heavy atom. The van der Waals surface area contributed by atoms with Crippen molar-refractivity contribution < 1.29 is 0 Å². The Bertz CT molecular complexity index is 1120. The summed E-state index contributed by atoms with van der Waals surface area (Å²) in [4.78, 5) is 17.9. The van der Waals surface area contributed by atoms with Gasteiger partial charge in [0.15, 0.2) is 0 Å². The standard InChI is InChI=1S/C24H34N8S/c1-14-13-29-10-4-12-32(14)23-30-11-7-16(31-23)19(25)15-6-9-24(21(15)28-2)8-3-5-17-18(24)20(26)22(27)33-17/h7,11,14,29H,3-6,8-10,12-13,25-27H2,1-2H3/t14-,24?/m0/s1. The molecule has 9 heteroatoms. The van der Waals surface area contributed by atoms with E-state index in [9.17, 15) is 0 Å². The zero-order valence-corrected chi connectivity index (χ0v) is 20.3. The normalized spacial score (nSPS) is 28.2. The quantitative estimate of drug-likeness (QED) is 0.535. The van der Waals surface area contributed by atoms with E-state index < -0.39 is 0 Å². The summed E-state index contributed by atoms with van der Waals surface area (Å²) < 4.78 is 0.